The third kappa shape index (κ3) is 3.89. The molecule has 1 N–H and O–H groups in total. The van der Waals surface area contributed by atoms with Crippen LogP contribution in [0.2, 0.25) is 5.02 Å². The van der Waals surface area contributed by atoms with Crippen molar-refractivity contribution in [3.63, 3.8) is 0 Å². The molecular formula is C16H23ClN2O2. The molecule has 1 aromatic carbocycles. The van der Waals surface area contributed by atoms with E-state index >= 15 is 0 Å². The summed E-state index contributed by atoms with van der Waals surface area (Å²) < 4.78 is 11.0. The maximum atomic E-state index is 6.22. The molecule has 2 aliphatic heterocycles. The van der Waals surface area contributed by atoms with Crippen molar-refractivity contribution in [3.8, 4) is 5.75 Å². The minimum absolute atomic E-state index is 0.333. The van der Waals surface area contributed by atoms with Gasteiger partial charge in [0, 0.05) is 29.2 Å². The molecule has 0 bridgehead atoms. The Morgan fingerprint density at radius 1 is 1.33 bits per heavy atom. The van der Waals surface area contributed by atoms with Gasteiger partial charge in [0.1, 0.15) is 5.75 Å². The van der Waals surface area contributed by atoms with E-state index in [1.54, 1.807) is 0 Å². The van der Waals surface area contributed by atoms with Crippen molar-refractivity contribution in [2.75, 3.05) is 33.5 Å². The van der Waals surface area contributed by atoms with Crippen LogP contribution in [0, 0.1) is 5.92 Å². The zero-order chi connectivity index (χ0) is 14.7. The number of fused-ring (bicyclic) bond motifs is 1. The smallest absolute Gasteiger partial charge is 0.189 e. The van der Waals surface area contributed by atoms with Crippen LogP contribution in [0.4, 0.5) is 0 Å². The zero-order valence-electron chi connectivity index (χ0n) is 12.5. The van der Waals surface area contributed by atoms with Crippen molar-refractivity contribution < 1.29 is 9.47 Å². The molecule has 0 spiro atoms. The topological polar surface area (TPSA) is 33.7 Å². The molecular weight excluding hydrogens is 288 g/mol. The first-order valence-electron chi connectivity index (χ1n) is 7.63. The monoisotopic (exact) mass is 310 g/mol. The van der Waals surface area contributed by atoms with Crippen molar-refractivity contribution >= 4 is 11.6 Å². The number of piperidine rings is 1. The summed E-state index contributed by atoms with van der Waals surface area (Å²) in [4.78, 5) is 2.38. The minimum atomic E-state index is 0.333. The van der Waals surface area contributed by atoms with Crippen LogP contribution in [0.1, 0.15) is 24.0 Å². The largest absolute Gasteiger partial charge is 0.467 e. The summed E-state index contributed by atoms with van der Waals surface area (Å²) in [5, 5.41) is 4.17. The second-order valence-electron chi connectivity index (χ2n) is 6.05. The molecule has 0 atom stereocenters. The normalized spacial score (nSPS) is 19.4. The van der Waals surface area contributed by atoms with Gasteiger partial charge in [-0.1, -0.05) is 11.6 Å². The Labute approximate surface area is 131 Å². The second kappa shape index (κ2) is 6.97. The molecule has 116 valence electrons. The van der Waals surface area contributed by atoms with Crippen LogP contribution in [-0.4, -0.2) is 38.4 Å². The third-order valence-corrected chi connectivity index (χ3v) is 4.44. The lowest BCUT2D eigenvalue weighted by atomic mass is 9.97. The number of nitrogens with zero attached hydrogens (tertiary/aromatic N) is 1. The molecule has 1 fully saturated rings. The maximum Gasteiger partial charge on any atom is 0.189 e. The molecule has 4 nitrogen and oxygen atoms in total. The minimum Gasteiger partial charge on any atom is -0.467 e. The second-order valence-corrected chi connectivity index (χ2v) is 6.49. The number of hydrogen-bond donors (Lipinski definition) is 1. The van der Waals surface area contributed by atoms with Gasteiger partial charge in [-0.05, 0) is 51.0 Å². The van der Waals surface area contributed by atoms with E-state index < -0.39 is 0 Å². The molecule has 5 heteroatoms. The number of halogens is 1. The summed E-state index contributed by atoms with van der Waals surface area (Å²) >= 11 is 6.22. The highest BCUT2D eigenvalue weighted by Crippen LogP contribution is 2.32. The summed E-state index contributed by atoms with van der Waals surface area (Å²) in [7, 11) is 2.18. The first-order chi connectivity index (χ1) is 10.2. The van der Waals surface area contributed by atoms with Crippen LogP contribution < -0.4 is 10.1 Å². The van der Waals surface area contributed by atoms with Gasteiger partial charge >= 0.3 is 0 Å². The van der Waals surface area contributed by atoms with Crippen LogP contribution in [0.3, 0.4) is 0 Å². The molecule has 0 aliphatic carbocycles. The standard InChI is InChI=1S/C16H23ClN2O2/c1-19(8-12-2-4-18-5-3-12)9-13-6-15(17)7-14-10-20-11-21-16(13)14/h6-7,12,18H,2-5,8-11H2,1H3. The van der Waals surface area contributed by atoms with Gasteiger partial charge in [0.15, 0.2) is 6.79 Å². The highest BCUT2D eigenvalue weighted by Gasteiger charge is 2.19. The zero-order valence-corrected chi connectivity index (χ0v) is 13.3. The molecule has 0 aromatic heterocycles. The Morgan fingerprint density at radius 2 is 2.14 bits per heavy atom. The summed E-state index contributed by atoms with van der Waals surface area (Å²) in [5.41, 5.74) is 2.22. The third-order valence-electron chi connectivity index (χ3n) is 4.22. The van der Waals surface area contributed by atoms with Gasteiger partial charge < -0.3 is 19.7 Å². The van der Waals surface area contributed by atoms with E-state index in [2.05, 4.69) is 17.3 Å². The first-order valence-corrected chi connectivity index (χ1v) is 8.01. The highest BCUT2D eigenvalue weighted by molar-refractivity contribution is 6.30. The van der Waals surface area contributed by atoms with Gasteiger partial charge in [0.25, 0.3) is 0 Å². The fourth-order valence-corrected chi connectivity index (χ4v) is 3.50. The van der Waals surface area contributed by atoms with E-state index in [1.165, 1.54) is 12.8 Å². The van der Waals surface area contributed by atoms with Crippen molar-refractivity contribution in [2.45, 2.75) is 26.0 Å². The van der Waals surface area contributed by atoms with Gasteiger partial charge in [-0.25, -0.2) is 0 Å². The molecule has 0 radical (unpaired) electrons. The van der Waals surface area contributed by atoms with E-state index in [0.29, 0.717) is 13.4 Å². The van der Waals surface area contributed by atoms with Crippen molar-refractivity contribution in [2.24, 2.45) is 5.92 Å². The van der Waals surface area contributed by atoms with E-state index in [-0.39, 0.29) is 0 Å². The van der Waals surface area contributed by atoms with Gasteiger partial charge in [0.05, 0.1) is 6.61 Å². The summed E-state index contributed by atoms with van der Waals surface area (Å²) in [5.74, 6) is 1.75. The number of rotatable bonds is 4. The van der Waals surface area contributed by atoms with Gasteiger partial charge in [-0.15, -0.1) is 0 Å². The molecule has 0 saturated carbocycles. The average Bonchev–Trinajstić information content (AvgIpc) is 2.48. The Bertz CT molecular complexity index is 489. The molecule has 21 heavy (non-hydrogen) atoms. The molecule has 3 rings (SSSR count). The molecule has 2 aliphatic rings. The van der Waals surface area contributed by atoms with Crippen LogP contribution in [0.15, 0.2) is 12.1 Å². The van der Waals surface area contributed by atoms with E-state index in [4.69, 9.17) is 21.1 Å². The SMILES string of the molecule is CN(Cc1cc(Cl)cc2c1OCOC2)CC1CCNCC1. The van der Waals surface area contributed by atoms with Crippen molar-refractivity contribution in [1.82, 2.24) is 10.2 Å². The fraction of sp³-hybridized carbons (Fsp3) is 0.625. The lowest BCUT2D eigenvalue weighted by Crippen LogP contribution is -2.34. The first kappa shape index (κ1) is 15.1. The Kier molecular flexibility index (Phi) is 5.01. The number of ether oxygens (including phenoxy) is 2. The molecule has 0 unspecified atom stereocenters. The molecule has 0 amide bonds. The predicted molar refractivity (Wildman–Crippen MR) is 83.7 cm³/mol. The van der Waals surface area contributed by atoms with Crippen LogP contribution in [0.25, 0.3) is 0 Å². The maximum absolute atomic E-state index is 6.22. The number of nitrogens with one attached hydrogen (secondary N) is 1. The van der Waals surface area contributed by atoms with Gasteiger partial charge in [0.2, 0.25) is 0 Å². The quantitative estimate of drug-likeness (QED) is 0.927. The van der Waals surface area contributed by atoms with Gasteiger partial charge in [-0.3, -0.25) is 0 Å². The summed E-state index contributed by atoms with van der Waals surface area (Å²) in [6, 6.07) is 3.96. The molecule has 2 heterocycles. The van der Waals surface area contributed by atoms with E-state index in [1.807, 2.05) is 12.1 Å². The summed E-state index contributed by atoms with van der Waals surface area (Å²) in [6.07, 6.45) is 2.53. The van der Waals surface area contributed by atoms with Crippen LogP contribution in [-0.2, 0) is 17.9 Å². The predicted octanol–water partition coefficient (Wildman–Crippen LogP) is 2.64. The number of benzene rings is 1. The Balaban J connectivity index is 1.67. The van der Waals surface area contributed by atoms with Crippen molar-refractivity contribution in [3.05, 3.63) is 28.3 Å². The summed E-state index contributed by atoms with van der Waals surface area (Å²) in [6.45, 7) is 5.20. The van der Waals surface area contributed by atoms with E-state index in [9.17, 15) is 0 Å². The van der Waals surface area contributed by atoms with E-state index in [0.717, 1.165) is 54.0 Å². The van der Waals surface area contributed by atoms with Gasteiger partial charge in [-0.2, -0.15) is 0 Å². The van der Waals surface area contributed by atoms with Crippen molar-refractivity contribution in [1.29, 1.82) is 0 Å². The number of hydrogen-bond acceptors (Lipinski definition) is 4. The fourth-order valence-electron chi connectivity index (χ4n) is 3.23. The van der Waals surface area contributed by atoms with Crippen LogP contribution >= 0.6 is 11.6 Å². The lowest BCUT2D eigenvalue weighted by Gasteiger charge is -2.29. The average molecular weight is 311 g/mol. The lowest BCUT2D eigenvalue weighted by molar-refractivity contribution is -0.0174. The molecule has 1 aromatic rings. The van der Waals surface area contributed by atoms with Crippen LogP contribution in [0.5, 0.6) is 5.75 Å². The molecule has 1 saturated heterocycles. The highest BCUT2D eigenvalue weighted by atomic mass is 35.5. The Hall–Kier alpha value is -0.810. The Morgan fingerprint density at radius 3 is 2.95 bits per heavy atom.